The fourth-order valence-electron chi connectivity index (χ4n) is 2.51. The van der Waals surface area contributed by atoms with E-state index in [0.717, 1.165) is 10.7 Å². The Morgan fingerprint density at radius 3 is 2.52 bits per heavy atom. The smallest absolute Gasteiger partial charge is 0.388 e. The zero-order chi connectivity index (χ0) is 19.6. The summed E-state index contributed by atoms with van der Waals surface area (Å²) in [6.45, 7) is 0.763. The van der Waals surface area contributed by atoms with Crippen LogP contribution in [-0.4, -0.2) is 15.7 Å². The molecule has 0 aliphatic carbocycles. The molecule has 0 atom stereocenters. The third-order valence-corrected chi connectivity index (χ3v) is 3.83. The number of carbonyl (C=O) groups is 1. The van der Waals surface area contributed by atoms with E-state index in [4.69, 9.17) is 4.42 Å². The van der Waals surface area contributed by atoms with Gasteiger partial charge in [0, 0.05) is 11.3 Å². The summed E-state index contributed by atoms with van der Waals surface area (Å²) in [6, 6.07) is 12.1. The molecule has 0 fully saturated rings. The number of carbonyl (C=O) groups excluding carboxylic acids is 1. The van der Waals surface area contributed by atoms with Crippen molar-refractivity contribution in [2.45, 2.75) is 19.6 Å². The first-order valence-electron chi connectivity index (χ1n) is 7.86. The maximum Gasteiger partial charge on any atom is 0.437 e. The van der Waals surface area contributed by atoms with Crippen LogP contribution in [0.4, 0.5) is 18.9 Å². The van der Waals surface area contributed by atoms with E-state index < -0.39 is 29.9 Å². The predicted octanol–water partition coefficient (Wildman–Crippen LogP) is 3.47. The van der Waals surface area contributed by atoms with Crippen LogP contribution < -0.4 is 11.1 Å². The summed E-state index contributed by atoms with van der Waals surface area (Å²) in [5.74, 6) is -1.50. The van der Waals surface area contributed by atoms with E-state index in [-0.39, 0.29) is 17.1 Å². The van der Waals surface area contributed by atoms with Gasteiger partial charge < -0.3 is 9.73 Å². The number of anilines is 1. The van der Waals surface area contributed by atoms with E-state index in [9.17, 15) is 22.8 Å². The molecule has 140 valence electrons. The fraction of sp³-hybridized carbons (Fsp3) is 0.167. The standard InChI is InChI=1S/C18H14F3N3O3/c1-11-13(18(19,20)21)8-5-9-14(11)22-15(25)10-24-17(26)27-16(23-24)12-6-3-2-4-7-12/h2-9H,10H2,1H3,(H,22,25). The van der Waals surface area contributed by atoms with E-state index in [0.29, 0.717) is 5.56 Å². The second-order valence-corrected chi connectivity index (χ2v) is 5.72. The molecule has 0 radical (unpaired) electrons. The van der Waals surface area contributed by atoms with Crippen molar-refractivity contribution in [1.82, 2.24) is 9.78 Å². The van der Waals surface area contributed by atoms with E-state index in [1.54, 1.807) is 30.3 Å². The van der Waals surface area contributed by atoms with Crippen molar-refractivity contribution in [2.24, 2.45) is 0 Å². The highest BCUT2D eigenvalue weighted by Crippen LogP contribution is 2.34. The number of aromatic nitrogens is 2. The van der Waals surface area contributed by atoms with Crippen LogP contribution in [-0.2, 0) is 17.5 Å². The summed E-state index contributed by atoms with van der Waals surface area (Å²) >= 11 is 0. The van der Waals surface area contributed by atoms with E-state index in [1.165, 1.54) is 19.1 Å². The second kappa shape index (κ2) is 7.10. The molecule has 0 unspecified atom stereocenters. The molecule has 1 amide bonds. The number of halogens is 3. The van der Waals surface area contributed by atoms with Crippen LogP contribution in [0.3, 0.4) is 0 Å². The molecule has 3 aromatic rings. The summed E-state index contributed by atoms with van der Waals surface area (Å²) in [6.07, 6.45) is -4.53. The molecule has 1 aromatic heterocycles. The highest BCUT2D eigenvalue weighted by molar-refractivity contribution is 5.91. The topological polar surface area (TPSA) is 77.1 Å². The minimum Gasteiger partial charge on any atom is -0.388 e. The summed E-state index contributed by atoms with van der Waals surface area (Å²) in [4.78, 5) is 24.0. The van der Waals surface area contributed by atoms with E-state index in [1.807, 2.05) is 0 Å². The fourth-order valence-corrected chi connectivity index (χ4v) is 2.51. The normalized spacial score (nSPS) is 11.4. The first kappa shape index (κ1) is 18.4. The Bertz CT molecular complexity index is 1020. The Kier molecular flexibility index (Phi) is 4.85. The highest BCUT2D eigenvalue weighted by atomic mass is 19.4. The van der Waals surface area contributed by atoms with Gasteiger partial charge >= 0.3 is 11.9 Å². The minimum atomic E-state index is -4.53. The maximum absolute atomic E-state index is 12.9. The van der Waals surface area contributed by atoms with Crippen LogP contribution in [0.15, 0.2) is 57.7 Å². The Morgan fingerprint density at radius 1 is 1.15 bits per heavy atom. The molecule has 9 heteroatoms. The zero-order valence-electron chi connectivity index (χ0n) is 14.1. The number of benzene rings is 2. The minimum absolute atomic E-state index is 0.00894. The van der Waals surface area contributed by atoms with Crippen molar-refractivity contribution in [3.05, 3.63) is 70.2 Å². The molecular formula is C18H14F3N3O3. The molecule has 27 heavy (non-hydrogen) atoms. The summed E-state index contributed by atoms with van der Waals surface area (Å²) < 4.78 is 44.7. The van der Waals surface area contributed by atoms with Crippen LogP contribution >= 0.6 is 0 Å². The molecule has 0 aliphatic rings. The van der Waals surface area contributed by atoms with Crippen molar-refractivity contribution in [3.63, 3.8) is 0 Å². The maximum atomic E-state index is 12.9. The Hall–Kier alpha value is -3.36. The number of nitrogens with zero attached hydrogens (tertiary/aromatic N) is 2. The van der Waals surface area contributed by atoms with Crippen LogP contribution in [0, 0.1) is 6.92 Å². The van der Waals surface area contributed by atoms with E-state index in [2.05, 4.69) is 10.4 Å². The Balaban J connectivity index is 1.78. The van der Waals surface area contributed by atoms with Crippen LogP contribution in [0.25, 0.3) is 11.5 Å². The number of nitrogens with one attached hydrogen (secondary N) is 1. The Labute approximate surface area is 151 Å². The van der Waals surface area contributed by atoms with Crippen LogP contribution in [0.5, 0.6) is 0 Å². The number of hydrogen-bond acceptors (Lipinski definition) is 4. The first-order chi connectivity index (χ1) is 12.8. The lowest BCUT2D eigenvalue weighted by molar-refractivity contribution is -0.138. The van der Waals surface area contributed by atoms with Crippen molar-refractivity contribution < 1.29 is 22.4 Å². The molecule has 0 bridgehead atoms. The van der Waals surface area contributed by atoms with Gasteiger partial charge in [0.05, 0.1) is 5.56 Å². The average molecular weight is 377 g/mol. The van der Waals surface area contributed by atoms with Crippen molar-refractivity contribution >= 4 is 11.6 Å². The van der Waals surface area contributed by atoms with Crippen molar-refractivity contribution in [2.75, 3.05) is 5.32 Å². The zero-order valence-corrected chi connectivity index (χ0v) is 14.1. The summed E-state index contributed by atoms with van der Waals surface area (Å²) in [7, 11) is 0. The molecule has 2 aromatic carbocycles. The summed E-state index contributed by atoms with van der Waals surface area (Å²) in [5, 5.41) is 6.30. The molecule has 1 heterocycles. The number of amides is 1. The molecule has 0 spiro atoms. The quantitative estimate of drug-likeness (QED) is 0.755. The molecular weight excluding hydrogens is 363 g/mol. The third kappa shape index (κ3) is 4.08. The van der Waals surface area contributed by atoms with Gasteiger partial charge in [0.2, 0.25) is 11.8 Å². The van der Waals surface area contributed by atoms with Gasteiger partial charge in [0.1, 0.15) is 6.54 Å². The van der Waals surface area contributed by atoms with Gasteiger partial charge in [-0.1, -0.05) is 24.3 Å². The largest absolute Gasteiger partial charge is 0.437 e. The lowest BCUT2D eigenvalue weighted by Gasteiger charge is -2.14. The highest BCUT2D eigenvalue weighted by Gasteiger charge is 2.33. The molecule has 6 nitrogen and oxygen atoms in total. The van der Waals surface area contributed by atoms with Crippen LogP contribution in [0.1, 0.15) is 11.1 Å². The second-order valence-electron chi connectivity index (χ2n) is 5.72. The van der Waals surface area contributed by atoms with Crippen molar-refractivity contribution in [1.29, 1.82) is 0 Å². The van der Waals surface area contributed by atoms with Crippen LogP contribution in [0.2, 0.25) is 0 Å². The van der Waals surface area contributed by atoms with Gasteiger partial charge in [-0.15, -0.1) is 5.10 Å². The monoisotopic (exact) mass is 377 g/mol. The Morgan fingerprint density at radius 2 is 1.85 bits per heavy atom. The van der Waals surface area contributed by atoms with Gasteiger partial charge in [-0.3, -0.25) is 4.79 Å². The third-order valence-electron chi connectivity index (χ3n) is 3.83. The van der Waals surface area contributed by atoms with Crippen molar-refractivity contribution in [3.8, 4) is 11.5 Å². The molecule has 0 saturated carbocycles. The molecule has 0 saturated heterocycles. The summed E-state index contributed by atoms with van der Waals surface area (Å²) in [5.41, 5.74) is -0.391. The van der Waals surface area contributed by atoms with Gasteiger partial charge in [-0.25, -0.2) is 4.79 Å². The average Bonchev–Trinajstić information content (AvgIpc) is 2.97. The number of rotatable bonds is 4. The predicted molar refractivity (Wildman–Crippen MR) is 91.0 cm³/mol. The number of hydrogen-bond donors (Lipinski definition) is 1. The first-order valence-corrected chi connectivity index (χ1v) is 7.86. The lowest BCUT2D eigenvalue weighted by Crippen LogP contribution is -2.26. The van der Waals surface area contributed by atoms with E-state index >= 15 is 0 Å². The SMILES string of the molecule is Cc1c(NC(=O)Cn2nc(-c3ccccc3)oc2=O)cccc1C(F)(F)F. The number of alkyl halides is 3. The molecule has 3 rings (SSSR count). The molecule has 1 N–H and O–H groups in total. The van der Waals surface area contributed by atoms with Gasteiger partial charge in [0.25, 0.3) is 0 Å². The van der Waals surface area contributed by atoms with Gasteiger partial charge in [-0.2, -0.15) is 17.9 Å². The van der Waals surface area contributed by atoms with Gasteiger partial charge in [-0.05, 0) is 36.8 Å². The molecule has 0 aliphatic heterocycles. The lowest BCUT2D eigenvalue weighted by atomic mass is 10.1. The van der Waals surface area contributed by atoms with Gasteiger partial charge in [0.15, 0.2) is 0 Å².